The molecule has 0 aliphatic carbocycles. The quantitative estimate of drug-likeness (QED) is 0.657. The van der Waals surface area contributed by atoms with E-state index in [9.17, 15) is 14.4 Å². The van der Waals surface area contributed by atoms with Crippen LogP contribution in [-0.2, 0) is 16.0 Å². The first-order chi connectivity index (χ1) is 15.3. The van der Waals surface area contributed by atoms with E-state index in [0.717, 1.165) is 25.9 Å². The Morgan fingerprint density at radius 2 is 1.88 bits per heavy atom. The summed E-state index contributed by atoms with van der Waals surface area (Å²) in [5.74, 6) is 0.509. The number of anilines is 1. The van der Waals surface area contributed by atoms with Gasteiger partial charge in [-0.05, 0) is 36.8 Å². The van der Waals surface area contributed by atoms with Crippen LogP contribution in [0.2, 0.25) is 0 Å². The van der Waals surface area contributed by atoms with Gasteiger partial charge < -0.3 is 15.1 Å². The Bertz CT molecular complexity index is 920. The Labute approximate surface area is 193 Å². The molecule has 0 bridgehead atoms. The summed E-state index contributed by atoms with van der Waals surface area (Å²) in [5, 5.41) is 5.03. The van der Waals surface area contributed by atoms with E-state index in [1.54, 1.807) is 22.4 Å². The summed E-state index contributed by atoms with van der Waals surface area (Å²) in [6.45, 7) is 8.27. The second-order valence-electron chi connectivity index (χ2n) is 8.88. The van der Waals surface area contributed by atoms with Crippen LogP contribution in [0.1, 0.15) is 49.7 Å². The SMILES string of the molecule is CC(C)CN(CC(=O)Nc1nc(CC(=O)N2CCC(C)CC2)cs1)C(=O)c1ccccc1. The van der Waals surface area contributed by atoms with Crippen molar-refractivity contribution in [1.82, 2.24) is 14.8 Å². The van der Waals surface area contributed by atoms with Crippen LogP contribution in [-0.4, -0.2) is 58.7 Å². The lowest BCUT2D eigenvalue weighted by Gasteiger charge is -2.30. The minimum Gasteiger partial charge on any atom is -0.342 e. The largest absolute Gasteiger partial charge is 0.342 e. The highest BCUT2D eigenvalue weighted by atomic mass is 32.1. The fraction of sp³-hybridized carbons (Fsp3) is 0.500. The van der Waals surface area contributed by atoms with Gasteiger partial charge in [0.05, 0.1) is 12.1 Å². The number of likely N-dealkylation sites (tertiary alicyclic amines) is 1. The smallest absolute Gasteiger partial charge is 0.254 e. The molecule has 1 aliphatic rings. The molecule has 0 radical (unpaired) electrons. The summed E-state index contributed by atoms with van der Waals surface area (Å²) in [6, 6.07) is 8.97. The maximum Gasteiger partial charge on any atom is 0.254 e. The van der Waals surface area contributed by atoms with Gasteiger partial charge in [-0.15, -0.1) is 11.3 Å². The second-order valence-corrected chi connectivity index (χ2v) is 9.74. The first kappa shape index (κ1) is 23.9. The van der Waals surface area contributed by atoms with Gasteiger partial charge >= 0.3 is 0 Å². The monoisotopic (exact) mass is 456 g/mol. The predicted octanol–water partition coefficient (Wildman–Crippen LogP) is 3.68. The number of carbonyl (C=O) groups excluding carboxylic acids is 3. The Morgan fingerprint density at radius 3 is 2.53 bits per heavy atom. The van der Waals surface area contributed by atoms with E-state index in [1.165, 1.54) is 11.3 Å². The molecule has 8 heteroatoms. The fourth-order valence-corrected chi connectivity index (χ4v) is 4.45. The minimum absolute atomic E-state index is 0.0499. The van der Waals surface area contributed by atoms with E-state index in [1.807, 2.05) is 36.9 Å². The summed E-state index contributed by atoms with van der Waals surface area (Å²) in [6.07, 6.45) is 2.32. The van der Waals surface area contributed by atoms with Crippen LogP contribution in [0.25, 0.3) is 0 Å². The molecule has 0 saturated carbocycles. The predicted molar refractivity (Wildman–Crippen MR) is 127 cm³/mol. The number of piperidine rings is 1. The maximum absolute atomic E-state index is 12.9. The van der Waals surface area contributed by atoms with Gasteiger partial charge in [0, 0.05) is 30.6 Å². The average molecular weight is 457 g/mol. The molecule has 32 heavy (non-hydrogen) atoms. The lowest BCUT2D eigenvalue weighted by atomic mass is 9.99. The molecule has 7 nitrogen and oxygen atoms in total. The van der Waals surface area contributed by atoms with Crippen LogP contribution in [0, 0.1) is 11.8 Å². The molecule has 3 rings (SSSR count). The maximum atomic E-state index is 12.9. The number of rotatable bonds is 8. The van der Waals surface area contributed by atoms with Crippen molar-refractivity contribution in [2.75, 3.05) is 31.5 Å². The molecule has 1 fully saturated rings. The number of nitrogens with zero attached hydrogens (tertiary/aromatic N) is 3. The van der Waals surface area contributed by atoms with Crippen molar-refractivity contribution in [1.29, 1.82) is 0 Å². The molecule has 0 spiro atoms. The molecule has 1 N–H and O–H groups in total. The first-order valence-corrected chi connectivity index (χ1v) is 12.1. The van der Waals surface area contributed by atoms with E-state index in [4.69, 9.17) is 0 Å². The van der Waals surface area contributed by atoms with Gasteiger partial charge in [0.25, 0.3) is 5.91 Å². The van der Waals surface area contributed by atoms with Crippen LogP contribution in [0.15, 0.2) is 35.7 Å². The molecule has 1 aliphatic heterocycles. The third-order valence-electron chi connectivity index (χ3n) is 5.49. The molecule has 2 heterocycles. The normalized spacial score (nSPS) is 14.4. The Balaban J connectivity index is 1.56. The van der Waals surface area contributed by atoms with Crippen LogP contribution in [0.4, 0.5) is 5.13 Å². The summed E-state index contributed by atoms with van der Waals surface area (Å²) in [4.78, 5) is 45.9. The number of aromatic nitrogens is 1. The topological polar surface area (TPSA) is 82.6 Å². The van der Waals surface area contributed by atoms with Crippen molar-refractivity contribution in [3.8, 4) is 0 Å². The lowest BCUT2D eigenvalue weighted by Crippen LogP contribution is -2.40. The average Bonchev–Trinajstić information content (AvgIpc) is 3.19. The van der Waals surface area contributed by atoms with Crippen molar-refractivity contribution >= 4 is 34.2 Å². The number of hydrogen-bond acceptors (Lipinski definition) is 5. The third-order valence-corrected chi connectivity index (χ3v) is 6.30. The summed E-state index contributed by atoms with van der Waals surface area (Å²) < 4.78 is 0. The second kappa shape index (κ2) is 11.2. The molecule has 0 unspecified atom stereocenters. The van der Waals surface area contributed by atoms with Crippen LogP contribution in [0.5, 0.6) is 0 Å². The highest BCUT2D eigenvalue weighted by molar-refractivity contribution is 7.13. The molecule has 0 atom stereocenters. The molecule has 3 amide bonds. The van der Waals surface area contributed by atoms with Gasteiger partial charge in [-0.25, -0.2) is 4.98 Å². The molecule has 172 valence electrons. The summed E-state index contributed by atoms with van der Waals surface area (Å²) >= 11 is 1.30. The fourth-order valence-electron chi connectivity index (χ4n) is 3.73. The molecule has 2 aromatic rings. The van der Waals surface area contributed by atoms with E-state index in [2.05, 4.69) is 17.2 Å². The number of benzene rings is 1. The number of hydrogen-bond donors (Lipinski definition) is 1. The number of nitrogens with one attached hydrogen (secondary N) is 1. The molecule has 1 aromatic heterocycles. The van der Waals surface area contributed by atoms with Crippen molar-refractivity contribution < 1.29 is 14.4 Å². The minimum atomic E-state index is -0.299. The van der Waals surface area contributed by atoms with Crippen LogP contribution < -0.4 is 5.32 Å². The van der Waals surface area contributed by atoms with Crippen LogP contribution >= 0.6 is 11.3 Å². The Hall–Kier alpha value is -2.74. The molecule has 1 aromatic carbocycles. The Morgan fingerprint density at radius 1 is 1.19 bits per heavy atom. The number of amides is 3. The van der Waals surface area contributed by atoms with Gasteiger partial charge in [-0.2, -0.15) is 0 Å². The zero-order valence-electron chi connectivity index (χ0n) is 19.0. The van der Waals surface area contributed by atoms with E-state index in [-0.39, 0.29) is 36.6 Å². The van der Waals surface area contributed by atoms with Gasteiger partial charge in [-0.3, -0.25) is 14.4 Å². The van der Waals surface area contributed by atoms with Gasteiger partial charge in [0.1, 0.15) is 6.54 Å². The number of thiazole rings is 1. The standard InChI is InChI=1S/C24H32N4O3S/c1-17(2)14-28(23(31)19-7-5-4-6-8-19)15-21(29)26-24-25-20(16-32-24)13-22(30)27-11-9-18(3)10-12-27/h4-8,16-18H,9-15H2,1-3H3,(H,25,26,29). The molecular weight excluding hydrogens is 424 g/mol. The third kappa shape index (κ3) is 6.88. The highest BCUT2D eigenvalue weighted by Crippen LogP contribution is 2.19. The molecular formula is C24H32N4O3S. The van der Waals surface area contributed by atoms with Crippen molar-refractivity contribution in [3.05, 3.63) is 47.0 Å². The van der Waals surface area contributed by atoms with Crippen molar-refractivity contribution in [2.45, 2.75) is 40.0 Å². The zero-order chi connectivity index (χ0) is 23.1. The Kier molecular flexibility index (Phi) is 8.39. The van der Waals surface area contributed by atoms with E-state index in [0.29, 0.717) is 28.9 Å². The highest BCUT2D eigenvalue weighted by Gasteiger charge is 2.22. The zero-order valence-corrected chi connectivity index (χ0v) is 19.9. The number of carbonyl (C=O) groups is 3. The van der Waals surface area contributed by atoms with Gasteiger partial charge in [-0.1, -0.05) is 39.0 Å². The molecule has 1 saturated heterocycles. The van der Waals surface area contributed by atoms with Gasteiger partial charge in [0.15, 0.2) is 5.13 Å². The summed E-state index contributed by atoms with van der Waals surface area (Å²) in [7, 11) is 0. The van der Waals surface area contributed by atoms with Crippen molar-refractivity contribution in [3.63, 3.8) is 0 Å². The lowest BCUT2D eigenvalue weighted by molar-refractivity contribution is -0.131. The van der Waals surface area contributed by atoms with Crippen LogP contribution in [0.3, 0.4) is 0 Å². The van der Waals surface area contributed by atoms with Crippen molar-refractivity contribution in [2.24, 2.45) is 11.8 Å². The van der Waals surface area contributed by atoms with Gasteiger partial charge in [0.2, 0.25) is 11.8 Å². The first-order valence-electron chi connectivity index (χ1n) is 11.2. The van der Waals surface area contributed by atoms with E-state index < -0.39 is 0 Å². The summed E-state index contributed by atoms with van der Waals surface area (Å²) in [5.41, 5.74) is 1.22. The van der Waals surface area contributed by atoms with E-state index >= 15 is 0 Å².